The molecular weight excluding hydrogens is 1260 g/mol. The maximum atomic E-state index is 13.8. The molecule has 21 rings (SSSR count). The second kappa shape index (κ2) is 28.1. The molecule has 18 aliphatic rings. The molecule has 0 aromatic carbocycles. The van der Waals surface area contributed by atoms with Crippen LogP contribution in [0.2, 0.25) is 0 Å². The number of aromatic nitrogens is 6. The third-order valence-corrected chi connectivity index (χ3v) is 28.0. The van der Waals surface area contributed by atoms with E-state index in [9.17, 15) is 28.8 Å². The average molecular weight is 1380 g/mol. The molecule has 0 atom stereocenters. The van der Waals surface area contributed by atoms with Crippen molar-refractivity contribution in [3.05, 3.63) is 50.9 Å². The minimum Gasteiger partial charge on any atom is -0.453 e. The molecule has 12 bridgehead atoms. The van der Waals surface area contributed by atoms with Crippen LogP contribution in [0.3, 0.4) is 0 Å². The number of carbonyl (C=O) groups excluding carboxylic acids is 6. The van der Waals surface area contributed by atoms with Crippen molar-refractivity contribution in [1.82, 2.24) is 64.9 Å². The quantitative estimate of drug-likeness (QED) is 0.183. The van der Waals surface area contributed by atoms with Gasteiger partial charge in [-0.2, -0.15) is 15.3 Å². The van der Waals surface area contributed by atoms with E-state index in [4.69, 9.17) is 24.8 Å². The second-order valence-corrected chi connectivity index (χ2v) is 36.0. The van der Waals surface area contributed by atoms with Gasteiger partial charge in [0.15, 0.2) is 17.1 Å². The third-order valence-electron chi connectivity index (χ3n) is 28.0. The molecule has 15 saturated carbocycles. The van der Waals surface area contributed by atoms with Gasteiger partial charge in [0.2, 0.25) is 0 Å². The number of amides is 7. The summed E-state index contributed by atoms with van der Waals surface area (Å²) in [5, 5.41) is 25.3. The highest BCUT2D eigenvalue weighted by Crippen LogP contribution is 2.57. The summed E-state index contributed by atoms with van der Waals surface area (Å²) < 4.78 is 17.2. The van der Waals surface area contributed by atoms with Gasteiger partial charge in [0.1, 0.15) is 5.60 Å². The van der Waals surface area contributed by atoms with Crippen molar-refractivity contribution in [2.24, 2.45) is 71.0 Å². The van der Waals surface area contributed by atoms with E-state index in [0.717, 1.165) is 121 Å². The van der Waals surface area contributed by atoms with Gasteiger partial charge >= 0.3 is 18.2 Å². The fraction of sp³-hybridized carbons (Fsp3) is 0.810. The number of carbonyl (C=O) groups is 6. The van der Waals surface area contributed by atoms with E-state index in [-0.39, 0.29) is 42.0 Å². The minimum atomic E-state index is -0.538. The van der Waals surface area contributed by atoms with Gasteiger partial charge < -0.3 is 45.0 Å². The first-order chi connectivity index (χ1) is 48.3. The second-order valence-electron chi connectivity index (χ2n) is 36.0. The van der Waals surface area contributed by atoms with Crippen LogP contribution in [0.1, 0.15) is 297 Å². The molecule has 0 saturated heterocycles. The predicted octanol–water partition coefficient (Wildman–Crippen LogP) is 13.3. The van der Waals surface area contributed by atoms with Crippen LogP contribution in [0.5, 0.6) is 0 Å². The topological polar surface area (TPSA) is 223 Å². The van der Waals surface area contributed by atoms with E-state index in [1.165, 1.54) is 167 Å². The zero-order valence-corrected chi connectivity index (χ0v) is 61.2. The fourth-order valence-electron chi connectivity index (χ4n) is 24.1. The van der Waals surface area contributed by atoms with Gasteiger partial charge in [0.05, 0.1) is 44.9 Å². The van der Waals surface area contributed by atoms with Gasteiger partial charge in [-0.25, -0.2) is 14.4 Å². The molecule has 3 N–H and O–H groups in total. The van der Waals surface area contributed by atoms with Crippen molar-refractivity contribution in [3.63, 3.8) is 0 Å². The summed E-state index contributed by atoms with van der Waals surface area (Å²) in [6, 6.07) is 2.05. The molecule has 546 valence electrons. The first kappa shape index (κ1) is 68.3. The van der Waals surface area contributed by atoms with Crippen LogP contribution in [-0.2, 0) is 48.4 Å². The summed E-state index contributed by atoms with van der Waals surface area (Å²) >= 11 is 0. The zero-order chi connectivity index (χ0) is 68.8. The van der Waals surface area contributed by atoms with Crippen molar-refractivity contribution in [3.8, 4) is 0 Å². The molecule has 21 nitrogen and oxygen atoms in total. The Morgan fingerprint density at radius 3 is 0.960 bits per heavy atom. The molecule has 3 aliphatic heterocycles. The van der Waals surface area contributed by atoms with Gasteiger partial charge in [-0.05, 0) is 227 Å². The summed E-state index contributed by atoms with van der Waals surface area (Å²) in [5.74, 6) is 9.09. The SMILES string of the molecule is CC(C)(C)OC(=O)N1CCc2c(c(C(=O)NC3C4CC5CC(C4)CC3C5)nn2C2CCCCC2)C1.CN(C)C(=O)N1CCc2c(c(C(=O)NC3C4CC5CC(C4)CC3C5)nn2C2CCCCC2)C1.COC(=O)N1CCc2c(c(C(=O)NC3C4CC5CC(C4)CC3C5)nn2C2CCCCC2)C1. The maximum Gasteiger partial charge on any atom is 0.410 e. The largest absolute Gasteiger partial charge is 0.453 e. The van der Waals surface area contributed by atoms with Gasteiger partial charge in [0, 0.05) is 105 Å². The Morgan fingerprint density at radius 2 is 0.680 bits per heavy atom. The molecular formula is C79H117N13O8. The van der Waals surface area contributed by atoms with Crippen LogP contribution in [-0.4, -0.2) is 149 Å². The predicted molar refractivity (Wildman–Crippen MR) is 378 cm³/mol. The van der Waals surface area contributed by atoms with Crippen molar-refractivity contribution in [1.29, 1.82) is 0 Å². The highest BCUT2D eigenvalue weighted by molar-refractivity contribution is 5.96. The normalized spacial score (nSPS) is 33.1. The number of fused-ring (bicyclic) bond motifs is 3. The lowest BCUT2D eigenvalue weighted by molar-refractivity contribution is -0.0120. The van der Waals surface area contributed by atoms with Crippen molar-refractivity contribution in [2.45, 2.75) is 294 Å². The van der Waals surface area contributed by atoms with Gasteiger partial charge in [0.25, 0.3) is 17.7 Å². The molecule has 3 aromatic rings. The monoisotopic (exact) mass is 1380 g/mol. The number of nitrogens with one attached hydrogen (secondary N) is 3. The number of rotatable bonds is 9. The van der Waals surface area contributed by atoms with Crippen LogP contribution < -0.4 is 16.0 Å². The lowest BCUT2D eigenvalue weighted by atomic mass is 9.54. The lowest BCUT2D eigenvalue weighted by Crippen LogP contribution is -2.56. The maximum absolute atomic E-state index is 13.8. The van der Waals surface area contributed by atoms with E-state index in [2.05, 4.69) is 30.0 Å². The Hall–Kier alpha value is -6.15. The molecule has 15 aliphatic carbocycles. The highest BCUT2D eigenvalue weighted by atomic mass is 16.6. The van der Waals surface area contributed by atoms with Crippen LogP contribution in [0.15, 0.2) is 0 Å². The minimum absolute atomic E-state index is 0.00238. The molecule has 3 aromatic heterocycles. The first-order valence-electron chi connectivity index (χ1n) is 40.3. The first-order valence-corrected chi connectivity index (χ1v) is 40.3. The smallest absolute Gasteiger partial charge is 0.410 e. The standard InChI is InChI=1S/C28H42N4O3.C26H39N5O2.C25H36N4O3/c1-28(2,3)35-27(34)31-10-9-23-22(16-31)25(30-32(23)21-7-5-4-6-8-21)26(33)29-24-19-12-17-11-18(14-19)15-20(24)13-17;1-29(2)26(33)30-9-8-22-21(15-30)24(28-31(22)20-6-4-3-5-7-20)25(32)27-23-18-11-16-10-17(13-18)14-19(23)12-16;1-32-25(31)28-8-7-21-20(14-28)23(27-29(21)19-5-3-2-4-6-19)24(30)26-22-17-10-15-9-16(12-17)13-18(22)11-15/h17-21,24H,4-16H2,1-3H3,(H,29,33);16-20,23H,3-15H2,1-2H3,(H,27,32);15-19,22H,2-14H2,1H3,(H,26,30). The molecule has 0 radical (unpaired) electrons. The highest BCUT2D eigenvalue weighted by Gasteiger charge is 2.53. The zero-order valence-electron chi connectivity index (χ0n) is 61.2. The Balaban J connectivity index is 0.000000117. The average Bonchev–Trinajstić information content (AvgIpc) is 1.35. The number of ether oxygens (including phenoxy) is 2. The van der Waals surface area contributed by atoms with E-state index < -0.39 is 5.60 Å². The number of hydrogen-bond acceptors (Lipinski definition) is 11. The Labute approximate surface area is 593 Å². The molecule has 100 heavy (non-hydrogen) atoms. The van der Waals surface area contributed by atoms with E-state index in [0.29, 0.717) is 122 Å². The number of nitrogens with zero attached hydrogens (tertiary/aromatic N) is 10. The number of methoxy groups -OCH3 is 1. The Morgan fingerprint density at radius 1 is 0.400 bits per heavy atom. The molecule has 0 spiro atoms. The summed E-state index contributed by atoms with van der Waals surface area (Å²) in [6.45, 7) is 8.91. The lowest BCUT2D eigenvalue weighted by Gasteiger charge is -2.54. The Kier molecular flexibility index (Phi) is 19.2. The molecule has 21 heteroatoms. The van der Waals surface area contributed by atoms with Crippen LogP contribution in [0.25, 0.3) is 0 Å². The molecule has 6 heterocycles. The molecule has 7 amide bonds. The van der Waals surface area contributed by atoms with Crippen LogP contribution in [0.4, 0.5) is 14.4 Å². The van der Waals surface area contributed by atoms with Crippen molar-refractivity contribution < 1.29 is 38.2 Å². The summed E-state index contributed by atoms with van der Waals surface area (Å²) in [6.07, 6.45) is 39.3. The van der Waals surface area contributed by atoms with Gasteiger partial charge in [-0.3, -0.25) is 28.4 Å². The van der Waals surface area contributed by atoms with Crippen LogP contribution in [0, 0.1) is 71.0 Å². The molecule has 15 fully saturated rings. The fourth-order valence-corrected chi connectivity index (χ4v) is 24.1. The summed E-state index contributed by atoms with van der Waals surface area (Å²) in [5.41, 5.74) is 7.52. The Bertz CT molecular complexity index is 3460. The van der Waals surface area contributed by atoms with Gasteiger partial charge in [-0.15, -0.1) is 0 Å². The summed E-state index contributed by atoms with van der Waals surface area (Å²) in [4.78, 5) is 85.9. The number of urea groups is 1. The molecule has 0 unspecified atom stereocenters. The van der Waals surface area contributed by atoms with Crippen molar-refractivity contribution in [2.75, 3.05) is 40.8 Å². The van der Waals surface area contributed by atoms with E-state index >= 15 is 0 Å². The van der Waals surface area contributed by atoms with Gasteiger partial charge in [-0.1, -0.05) is 57.8 Å². The number of hydrogen-bond donors (Lipinski definition) is 3. The van der Waals surface area contributed by atoms with E-state index in [1.807, 2.05) is 25.7 Å². The third kappa shape index (κ3) is 13.6. The van der Waals surface area contributed by atoms with Crippen molar-refractivity contribution >= 4 is 35.9 Å². The summed E-state index contributed by atoms with van der Waals surface area (Å²) in [7, 11) is 5.01. The van der Waals surface area contributed by atoms with Crippen LogP contribution >= 0.6 is 0 Å². The van der Waals surface area contributed by atoms with E-state index in [1.54, 1.807) is 28.8 Å².